The van der Waals surface area contributed by atoms with Crippen molar-refractivity contribution in [2.45, 2.75) is 20.8 Å². The van der Waals surface area contributed by atoms with Gasteiger partial charge in [0.25, 0.3) is 0 Å². The van der Waals surface area contributed by atoms with Gasteiger partial charge in [0, 0.05) is 19.8 Å². The van der Waals surface area contributed by atoms with Gasteiger partial charge in [-0.15, -0.1) is 0 Å². The van der Waals surface area contributed by atoms with Crippen molar-refractivity contribution in [3.8, 4) is 0 Å². The topological polar surface area (TPSA) is 84.4 Å². The lowest BCUT2D eigenvalue weighted by atomic mass is 10.2. The maximum Gasteiger partial charge on any atom is 0.341 e. The highest BCUT2D eigenvalue weighted by atomic mass is 16.5. The number of hydrogen-bond donors (Lipinski definition) is 1. The first-order chi connectivity index (χ1) is 9.49. The van der Waals surface area contributed by atoms with Gasteiger partial charge in [-0.1, -0.05) is 0 Å². The van der Waals surface area contributed by atoms with Gasteiger partial charge in [0.05, 0.1) is 24.4 Å². The van der Waals surface area contributed by atoms with Crippen LogP contribution in [0.2, 0.25) is 0 Å². The van der Waals surface area contributed by atoms with E-state index in [1.807, 2.05) is 6.92 Å². The van der Waals surface area contributed by atoms with Crippen LogP contribution in [0.1, 0.15) is 29.9 Å². The Labute approximate surface area is 118 Å². The van der Waals surface area contributed by atoms with Gasteiger partial charge >= 0.3 is 5.97 Å². The second-order valence-corrected chi connectivity index (χ2v) is 4.17. The minimum atomic E-state index is -0.446. The summed E-state index contributed by atoms with van der Waals surface area (Å²) in [6.07, 6.45) is 1.40. The molecule has 0 radical (unpaired) electrons. The number of rotatable bonds is 6. The monoisotopic (exact) mass is 280 g/mol. The molecule has 1 amide bonds. The van der Waals surface area contributed by atoms with Crippen molar-refractivity contribution in [1.82, 2.24) is 14.9 Å². The summed E-state index contributed by atoms with van der Waals surface area (Å²) in [5.41, 5.74) is 0.839. The van der Waals surface area contributed by atoms with E-state index in [2.05, 4.69) is 15.3 Å². The molecule has 110 valence electrons. The van der Waals surface area contributed by atoms with Crippen LogP contribution in [0.5, 0.6) is 0 Å². The molecule has 0 saturated heterocycles. The number of ether oxygens (including phenoxy) is 1. The molecular weight excluding hydrogens is 260 g/mol. The number of nitrogens with one attached hydrogen (secondary N) is 1. The molecule has 20 heavy (non-hydrogen) atoms. The van der Waals surface area contributed by atoms with Crippen molar-refractivity contribution in [3.63, 3.8) is 0 Å². The van der Waals surface area contributed by atoms with Crippen molar-refractivity contribution in [2.75, 3.05) is 32.1 Å². The summed E-state index contributed by atoms with van der Waals surface area (Å²) in [7, 11) is 1.72. The van der Waals surface area contributed by atoms with Crippen molar-refractivity contribution in [2.24, 2.45) is 0 Å². The Bertz CT molecular complexity index is 491. The average Bonchev–Trinajstić information content (AvgIpc) is 2.44. The van der Waals surface area contributed by atoms with Gasteiger partial charge in [0.1, 0.15) is 0 Å². The second-order valence-electron chi connectivity index (χ2n) is 4.17. The molecule has 0 aliphatic carbocycles. The first-order valence-electron chi connectivity index (χ1n) is 6.48. The van der Waals surface area contributed by atoms with E-state index in [1.165, 1.54) is 6.20 Å². The van der Waals surface area contributed by atoms with Crippen molar-refractivity contribution >= 4 is 17.8 Å². The molecule has 0 spiro atoms. The number of anilines is 1. The maximum absolute atomic E-state index is 11.6. The maximum atomic E-state index is 11.6. The molecule has 0 aliphatic heterocycles. The van der Waals surface area contributed by atoms with Crippen LogP contribution >= 0.6 is 0 Å². The van der Waals surface area contributed by atoms with Crippen molar-refractivity contribution < 1.29 is 14.3 Å². The highest BCUT2D eigenvalue weighted by Gasteiger charge is 2.13. The standard InChI is InChI=1S/C13H20N4O3/c1-5-17(4)11(18)8-15-13-14-7-10(9(3)16-13)12(19)20-6-2/h7H,5-6,8H2,1-4H3,(H,14,15,16). The van der Waals surface area contributed by atoms with E-state index >= 15 is 0 Å². The number of aromatic nitrogens is 2. The Morgan fingerprint density at radius 3 is 2.65 bits per heavy atom. The molecule has 1 heterocycles. The Morgan fingerprint density at radius 2 is 2.10 bits per heavy atom. The van der Waals surface area contributed by atoms with Crippen molar-refractivity contribution in [3.05, 3.63) is 17.5 Å². The Kier molecular flexibility index (Phi) is 5.89. The van der Waals surface area contributed by atoms with Crippen LogP contribution in [0.4, 0.5) is 5.95 Å². The molecule has 1 N–H and O–H groups in total. The minimum Gasteiger partial charge on any atom is -0.462 e. The Balaban J connectivity index is 2.68. The van der Waals surface area contributed by atoms with E-state index in [4.69, 9.17) is 4.74 Å². The van der Waals surface area contributed by atoms with Crippen LogP contribution in [-0.2, 0) is 9.53 Å². The first kappa shape index (κ1) is 15.9. The summed E-state index contributed by atoms with van der Waals surface area (Å²) < 4.78 is 4.89. The summed E-state index contributed by atoms with van der Waals surface area (Å²) in [5.74, 6) is -0.185. The zero-order chi connectivity index (χ0) is 15.1. The fraction of sp³-hybridized carbons (Fsp3) is 0.538. The highest BCUT2D eigenvalue weighted by Crippen LogP contribution is 2.08. The molecule has 0 aromatic carbocycles. The fourth-order valence-corrected chi connectivity index (χ4v) is 1.43. The van der Waals surface area contributed by atoms with E-state index in [9.17, 15) is 9.59 Å². The van der Waals surface area contributed by atoms with Gasteiger partial charge in [0.15, 0.2) is 0 Å². The number of likely N-dealkylation sites (N-methyl/N-ethyl adjacent to an activating group) is 1. The molecule has 7 nitrogen and oxygen atoms in total. The van der Waals surface area contributed by atoms with Gasteiger partial charge in [-0.25, -0.2) is 14.8 Å². The number of carbonyl (C=O) groups excluding carboxylic acids is 2. The number of nitrogens with zero attached hydrogens (tertiary/aromatic N) is 3. The zero-order valence-corrected chi connectivity index (χ0v) is 12.3. The third-order valence-electron chi connectivity index (χ3n) is 2.77. The van der Waals surface area contributed by atoms with Gasteiger partial charge in [-0.3, -0.25) is 4.79 Å². The first-order valence-corrected chi connectivity index (χ1v) is 6.48. The molecule has 1 aromatic heterocycles. The lowest BCUT2D eigenvalue weighted by molar-refractivity contribution is -0.127. The van der Waals surface area contributed by atoms with E-state index in [0.29, 0.717) is 30.4 Å². The third kappa shape index (κ3) is 4.18. The molecule has 0 aliphatic rings. The van der Waals surface area contributed by atoms with Crippen LogP contribution in [0.3, 0.4) is 0 Å². The molecule has 0 bridgehead atoms. The molecular formula is C13H20N4O3. The number of amides is 1. The molecule has 1 rings (SSSR count). The van der Waals surface area contributed by atoms with Gasteiger partial charge in [-0.2, -0.15) is 0 Å². The third-order valence-corrected chi connectivity index (χ3v) is 2.77. The van der Waals surface area contributed by atoms with Gasteiger partial charge < -0.3 is 15.0 Å². The van der Waals surface area contributed by atoms with Crippen LogP contribution in [0, 0.1) is 6.92 Å². The lowest BCUT2D eigenvalue weighted by Gasteiger charge is -2.14. The molecule has 0 saturated carbocycles. The molecule has 0 fully saturated rings. The summed E-state index contributed by atoms with van der Waals surface area (Å²) in [6.45, 7) is 6.38. The number of hydrogen-bond acceptors (Lipinski definition) is 6. The van der Waals surface area contributed by atoms with Crippen LogP contribution in [-0.4, -0.2) is 53.5 Å². The SMILES string of the molecule is CCOC(=O)c1cnc(NCC(=O)N(C)CC)nc1C. The van der Waals surface area contributed by atoms with Gasteiger partial charge in [-0.05, 0) is 20.8 Å². The quantitative estimate of drug-likeness (QED) is 0.778. The molecule has 0 unspecified atom stereocenters. The normalized spacial score (nSPS) is 10.0. The minimum absolute atomic E-state index is 0.0526. The second kappa shape index (κ2) is 7.42. The largest absolute Gasteiger partial charge is 0.462 e. The Hall–Kier alpha value is -2.18. The highest BCUT2D eigenvalue weighted by molar-refractivity contribution is 5.90. The summed E-state index contributed by atoms with van der Waals surface area (Å²) in [4.78, 5) is 33.0. The zero-order valence-electron chi connectivity index (χ0n) is 12.3. The number of aryl methyl sites for hydroxylation is 1. The van der Waals surface area contributed by atoms with Crippen LogP contribution < -0.4 is 5.32 Å². The summed E-state index contributed by atoms with van der Waals surface area (Å²) in [5, 5.41) is 2.83. The predicted molar refractivity (Wildman–Crippen MR) is 74.5 cm³/mol. The number of esters is 1. The number of carbonyl (C=O) groups is 2. The molecule has 1 aromatic rings. The predicted octanol–water partition coefficient (Wildman–Crippen LogP) is 0.852. The lowest BCUT2D eigenvalue weighted by Crippen LogP contribution is -2.32. The van der Waals surface area contributed by atoms with Crippen LogP contribution in [0.15, 0.2) is 6.20 Å². The summed E-state index contributed by atoms with van der Waals surface area (Å²) >= 11 is 0. The smallest absolute Gasteiger partial charge is 0.341 e. The van der Waals surface area contributed by atoms with Crippen molar-refractivity contribution in [1.29, 1.82) is 0 Å². The van der Waals surface area contributed by atoms with E-state index < -0.39 is 5.97 Å². The molecule has 7 heteroatoms. The van der Waals surface area contributed by atoms with Gasteiger partial charge in [0.2, 0.25) is 11.9 Å². The van der Waals surface area contributed by atoms with Crippen LogP contribution in [0.25, 0.3) is 0 Å². The van der Waals surface area contributed by atoms with E-state index in [-0.39, 0.29) is 12.5 Å². The fourth-order valence-electron chi connectivity index (χ4n) is 1.43. The molecule has 0 atom stereocenters. The average molecular weight is 280 g/mol. The Morgan fingerprint density at radius 1 is 1.40 bits per heavy atom. The summed E-state index contributed by atoms with van der Waals surface area (Å²) in [6, 6.07) is 0. The van der Waals surface area contributed by atoms with E-state index in [0.717, 1.165) is 0 Å². The van der Waals surface area contributed by atoms with E-state index in [1.54, 1.807) is 25.8 Å².